The topological polar surface area (TPSA) is 106 Å². The smallest absolute Gasteiger partial charge is 0.185 e. The van der Waals surface area contributed by atoms with E-state index in [9.17, 15) is 22.0 Å². The Hall–Kier alpha value is -2.72. The van der Waals surface area contributed by atoms with E-state index in [-0.39, 0.29) is 48.1 Å². The van der Waals surface area contributed by atoms with E-state index in [1.807, 2.05) is 4.90 Å². The SMILES string of the molecule is CN1CC2(C1)C(N)=N[C@](C)(c1cc(CC(=O)c3ccc(F)cn3)ccc1F)CS2(=O)=O. The molecular weight excluding hydrogens is 426 g/mol. The maximum Gasteiger partial charge on any atom is 0.185 e. The number of halogens is 2. The number of hydrogen-bond acceptors (Lipinski definition) is 7. The fraction of sp³-hybridized carbons (Fsp3) is 0.381. The van der Waals surface area contributed by atoms with E-state index in [0.717, 1.165) is 12.3 Å². The minimum Gasteiger partial charge on any atom is -0.386 e. The summed E-state index contributed by atoms with van der Waals surface area (Å²) in [6, 6.07) is 6.47. The van der Waals surface area contributed by atoms with E-state index in [1.54, 1.807) is 7.05 Å². The molecule has 0 radical (unpaired) electrons. The molecule has 4 rings (SSSR count). The van der Waals surface area contributed by atoms with Crippen LogP contribution >= 0.6 is 0 Å². The number of carbonyl (C=O) groups excluding carboxylic acids is 1. The highest BCUT2D eigenvalue weighted by molar-refractivity contribution is 7.93. The number of likely N-dealkylation sites (tertiary alicyclic amines) is 1. The lowest BCUT2D eigenvalue weighted by molar-refractivity contribution is 0.0988. The number of ketones is 1. The van der Waals surface area contributed by atoms with E-state index in [4.69, 9.17) is 5.73 Å². The zero-order valence-corrected chi connectivity index (χ0v) is 17.9. The summed E-state index contributed by atoms with van der Waals surface area (Å²) in [6.45, 7) is 2.03. The maximum absolute atomic E-state index is 14.8. The Morgan fingerprint density at radius 1 is 1.23 bits per heavy atom. The molecule has 1 aromatic heterocycles. The van der Waals surface area contributed by atoms with Gasteiger partial charge in [-0.05, 0) is 43.8 Å². The molecule has 0 amide bonds. The Kier molecular flexibility index (Phi) is 4.97. The van der Waals surface area contributed by atoms with Crippen molar-refractivity contribution >= 4 is 21.5 Å². The van der Waals surface area contributed by atoms with Crippen LogP contribution in [0.2, 0.25) is 0 Å². The Balaban J connectivity index is 1.68. The molecule has 2 aromatic rings. The highest BCUT2D eigenvalue weighted by atomic mass is 32.2. The number of sulfone groups is 1. The van der Waals surface area contributed by atoms with Crippen LogP contribution in [0, 0.1) is 11.6 Å². The van der Waals surface area contributed by atoms with E-state index in [0.29, 0.717) is 5.56 Å². The molecule has 31 heavy (non-hydrogen) atoms. The van der Waals surface area contributed by atoms with Crippen LogP contribution in [0.1, 0.15) is 28.5 Å². The van der Waals surface area contributed by atoms with Gasteiger partial charge in [-0.3, -0.25) is 14.8 Å². The third kappa shape index (κ3) is 3.53. The van der Waals surface area contributed by atoms with Crippen molar-refractivity contribution in [2.24, 2.45) is 10.7 Å². The summed E-state index contributed by atoms with van der Waals surface area (Å²) in [4.78, 5) is 22.5. The van der Waals surface area contributed by atoms with Gasteiger partial charge >= 0.3 is 0 Å². The number of carbonyl (C=O) groups is 1. The molecule has 1 spiro atoms. The molecule has 0 aliphatic carbocycles. The minimum absolute atomic E-state index is 0.0178. The molecule has 2 N–H and O–H groups in total. The molecular formula is C21H22F2N4O3S. The van der Waals surface area contributed by atoms with Gasteiger partial charge in [0.2, 0.25) is 0 Å². The third-order valence-electron chi connectivity index (χ3n) is 5.94. The fourth-order valence-electron chi connectivity index (χ4n) is 4.30. The monoisotopic (exact) mass is 448 g/mol. The van der Waals surface area contributed by atoms with Gasteiger partial charge in [0.05, 0.1) is 11.9 Å². The largest absolute Gasteiger partial charge is 0.386 e. The number of benzene rings is 1. The van der Waals surface area contributed by atoms with Crippen LogP contribution < -0.4 is 5.73 Å². The second kappa shape index (κ2) is 7.16. The summed E-state index contributed by atoms with van der Waals surface area (Å²) in [5.74, 6) is -1.97. The summed E-state index contributed by atoms with van der Waals surface area (Å²) in [5.41, 5.74) is 5.29. The summed E-state index contributed by atoms with van der Waals surface area (Å²) in [6.07, 6.45) is 0.838. The molecule has 0 unspecified atom stereocenters. The van der Waals surface area contributed by atoms with E-state index >= 15 is 0 Å². The van der Waals surface area contributed by atoms with Gasteiger partial charge in [-0.25, -0.2) is 17.2 Å². The average molecular weight is 448 g/mol. The van der Waals surface area contributed by atoms with E-state index in [1.165, 1.54) is 31.2 Å². The van der Waals surface area contributed by atoms with Crippen LogP contribution in [-0.2, 0) is 21.8 Å². The summed E-state index contributed by atoms with van der Waals surface area (Å²) in [5, 5.41) is 0. The molecule has 164 valence electrons. The van der Waals surface area contributed by atoms with Crippen LogP contribution in [0.4, 0.5) is 8.78 Å². The molecule has 10 heteroatoms. The highest BCUT2D eigenvalue weighted by Gasteiger charge is 2.60. The molecule has 3 heterocycles. The second-order valence-corrected chi connectivity index (χ2v) is 10.8. The summed E-state index contributed by atoms with van der Waals surface area (Å²) in [7, 11) is -1.91. The molecule has 2 aliphatic heterocycles. The first-order valence-electron chi connectivity index (χ1n) is 9.66. The molecule has 1 fully saturated rings. The van der Waals surface area contributed by atoms with Crippen LogP contribution in [0.3, 0.4) is 0 Å². The Morgan fingerprint density at radius 3 is 2.52 bits per heavy atom. The van der Waals surface area contributed by atoms with Gasteiger partial charge in [-0.2, -0.15) is 0 Å². The number of nitrogens with zero attached hydrogens (tertiary/aromatic N) is 3. The Morgan fingerprint density at radius 2 is 1.94 bits per heavy atom. The molecule has 7 nitrogen and oxygen atoms in total. The van der Waals surface area contributed by atoms with Gasteiger partial charge in [0.25, 0.3) is 0 Å². The first-order valence-corrected chi connectivity index (χ1v) is 11.3. The van der Waals surface area contributed by atoms with Crippen molar-refractivity contribution in [1.82, 2.24) is 9.88 Å². The van der Waals surface area contributed by atoms with E-state index < -0.39 is 31.8 Å². The first-order chi connectivity index (χ1) is 14.5. The van der Waals surface area contributed by atoms with Crippen molar-refractivity contribution in [1.29, 1.82) is 0 Å². The Labute approximate surface area is 178 Å². The zero-order chi connectivity index (χ0) is 22.6. The third-order valence-corrected chi connectivity index (χ3v) is 8.54. The number of amidine groups is 1. The lowest BCUT2D eigenvalue weighted by atomic mass is 9.89. The molecule has 1 saturated heterocycles. The van der Waals surface area contributed by atoms with Crippen LogP contribution in [-0.4, -0.2) is 60.6 Å². The summed E-state index contributed by atoms with van der Waals surface area (Å²) < 4.78 is 52.8. The maximum atomic E-state index is 14.8. The predicted molar refractivity (Wildman–Crippen MR) is 112 cm³/mol. The molecule has 1 aromatic carbocycles. The second-order valence-electron chi connectivity index (χ2n) is 8.47. The molecule has 0 bridgehead atoms. The minimum atomic E-state index is -3.70. The lowest BCUT2D eigenvalue weighted by Crippen LogP contribution is -2.73. The predicted octanol–water partition coefficient (Wildman–Crippen LogP) is 1.47. The number of aliphatic imine (C=N–C) groups is 1. The van der Waals surface area contributed by atoms with Crippen LogP contribution in [0.5, 0.6) is 0 Å². The quantitative estimate of drug-likeness (QED) is 0.710. The number of Topliss-reactive ketones (excluding diaryl/α,β-unsaturated/α-hetero) is 1. The number of rotatable bonds is 4. The number of pyridine rings is 1. The van der Waals surface area contributed by atoms with Crippen molar-refractivity contribution in [2.45, 2.75) is 23.6 Å². The van der Waals surface area contributed by atoms with Crippen molar-refractivity contribution in [3.05, 3.63) is 65.0 Å². The molecule has 0 saturated carbocycles. The van der Waals surface area contributed by atoms with Gasteiger partial charge in [-0.1, -0.05) is 6.07 Å². The van der Waals surface area contributed by atoms with Crippen molar-refractivity contribution in [3.63, 3.8) is 0 Å². The van der Waals surface area contributed by atoms with Gasteiger partial charge in [-0.15, -0.1) is 0 Å². The van der Waals surface area contributed by atoms with Crippen molar-refractivity contribution in [2.75, 3.05) is 25.9 Å². The van der Waals surface area contributed by atoms with Gasteiger partial charge in [0, 0.05) is 25.1 Å². The zero-order valence-electron chi connectivity index (χ0n) is 17.1. The molecule has 2 aliphatic rings. The van der Waals surface area contributed by atoms with Gasteiger partial charge in [0.15, 0.2) is 20.4 Å². The summed E-state index contributed by atoms with van der Waals surface area (Å²) >= 11 is 0. The Bertz CT molecular complexity index is 1190. The van der Waals surface area contributed by atoms with Crippen molar-refractivity contribution in [3.8, 4) is 0 Å². The number of aromatic nitrogens is 1. The standard InChI is InChI=1S/C21H22F2N4O3S/c1-20(12-31(29,30)21(19(24)26-20)10-27(2)11-21)15-7-13(3-5-16(15)23)8-18(28)17-6-4-14(22)9-25-17/h3-7,9H,8,10-12H2,1-2H3,(H2,24,26)/t20-/m0/s1. The lowest BCUT2D eigenvalue weighted by Gasteiger charge is -2.51. The van der Waals surface area contributed by atoms with Crippen LogP contribution in [0.25, 0.3) is 0 Å². The van der Waals surface area contributed by atoms with Gasteiger partial charge in [0.1, 0.15) is 28.7 Å². The van der Waals surface area contributed by atoms with Crippen molar-refractivity contribution < 1.29 is 22.0 Å². The normalized spacial score (nSPS) is 24.5. The first kappa shape index (κ1) is 21.5. The molecule has 1 atom stereocenters. The van der Waals surface area contributed by atoms with Crippen LogP contribution in [0.15, 0.2) is 41.5 Å². The fourth-order valence-corrected chi connectivity index (χ4v) is 6.74. The highest BCUT2D eigenvalue weighted by Crippen LogP contribution is 2.41. The number of hydrogen-bond donors (Lipinski definition) is 1. The van der Waals surface area contributed by atoms with E-state index in [2.05, 4.69) is 9.98 Å². The number of nitrogens with two attached hydrogens (primary N) is 1. The van der Waals surface area contributed by atoms with Gasteiger partial charge < -0.3 is 10.6 Å². The average Bonchev–Trinajstić information content (AvgIpc) is 2.65.